The van der Waals surface area contributed by atoms with Gasteiger partial charge in [-0.1, -0.05) is 54.1 Å². The molecule has 10 heteroatoms. The Balaban J connectivity index is 1.24. The number of carbonyl (C=O) groups is 3. The van der Waals surface area contributed by atoms with Gasteiger partial charge in [0.2, 0.25) is 5.91 Å². The van der Waals surface area contributed by atoms with Crippen molar-refractivity contribution < 1.29 is 19.1 Å². The molecule has 232 valence electrons. The van der Waals surface area contributed by atoms with Crippen molar-refractivity contribution in [2.45, 2.75) is 24.0 Å². The molecule has 1 atom stereocenters. The van der Waals surface area contributed by atoms with E-state index in [4.69, 9.17) is 4.74 Å². The van der Waals surface area contributed by atoms with E-state index >= 15 is 0 Å². The number of thioether (sulfide) groups is 1. The van der Waals surface area contributed by atoms with Crippen LogP contribution >= 0.6 is 23.1 Å². The lowest BCUT2D eigenvalue weighted by Gasteiger charge is -2.14. The first-order chi connectivity index (χ1) is 22.3. The minimum Gasteiger partial charge on any atom is -0.497 e. The highest BCUT2D eigenvalue weighted by Gasteiger charge is 2.18. The maximum absolute atomic E-state index is 13.5. The number of hydrogen-bond acceptors (Lipinski definition) is 7. The fourth-order valence-electron chi connectivity index (χ4n) is 4.40. The number of ether oxygens (including phenoxy) is 1. The van der Waals surface area contributed by atoms with Crippen molar-refractivity contribution in [1.82, 2.24) is 10.3 Å². The second-order valence-electron chi connectivity index (χ2n) is 10.3. The first kappa shape index (κ1) is 32.2. The molecule has 1 aromatic heterocycles. The lowest BCUT2D eigenvalue weighted by atomic mass is 10.1. The first-order valence-electron chi connectivity index (χ1n) is 14.4. The zero-order valence-corrected chi connectivity index (χ0v) is 27.1. The van der Waals surface area contributed by atoms with Crippen LogP contribution in [-0.4, -0.2) is 35.1 Å². The van der Waals surface area contributed by atoms with E-state index in [-0.39, 0.29) is 11.6 Å². The van der Waals surface area contributed by atoms with Gasteiger partial charge in [-0.3, -0.25) is 14.4 Å². The van der Waals surface area contributed by atoms with Crippen LogP contribution in [0.2, 0.25) is 0 Å². The summed E-state index contributed by atoms with van der Waals surface area (Å²) in [6, 6.07) is 31.2. The third-order valence-electron chi connectivity index (χ3n) is 6.78. The van der Waals surface area contributed by atoms with Crippen LogP contribution in [-0.2, 0) is 9.59 Å². The van der Waals surface area contributed by atoms with Crippen LogP contribution in [0, 0.1) is 6.92 Å². The number of nitrogens with zero attached hydrogens (tertiary/aromatic N) is 1. The highest BCUT2D eigenvalue weighted by molar-refractivity contribution is 8.00. The minimum atomic E-state index is -0.477. The zero-order chi connectivity index (χ0) is 32.5. The normalized spacial score (nSPS) is 11.8. The number of nitrogens with one attached hydrogen (secondary N) is 3. The standard InChI is InChI=1S/C36H32N4O4S2/c1-23-9-7-10-25(19-23)20-31(38-34(42)27-11-5-4-6-12-27)35(43)37-28-13-8-14-30(21-28)46-24(2)33(41)40-36-39-32(22-45-36)26-15-17-29(44-3)18-16-26/h4-22,24H,1-3H3,(H,37,43)(H,38,42)(H,39,40,41)/b31-20+. The van der Waals surface area contributed by atoms with E-state index in [2.05, 4.69) is 20.9 Å². The number of hydrogen-bond donors (Lipinski definition) is 3. The van der Waals surface area contributed by atoms with Gasteiger partial charge in [0.15, 0.2) is 5.13 Å². The fraction of sp³-hybridized carbons (Fsp3) is 0.111. The van der Waals surface area contributed by atoms with Crippen molar-refractivity contribution in [3.8, 4) is 17.0 Å². The van der Waals surface area contributed by atoms with Gasteiger partial charge in [-0.25, -0.2) is 4.98 Å². The third-order valence-corrected chi connectivity index (χ3v) is 8.63. The molecule has 46 heavy (non-hydrogen) atoms. The Morgan fingerprint density at radius 3 is 2.39 bits per heavy atom. The van der Waals surface area contributed by atoms with Crippen LogP contribution in [0.1, 0.15) is 28.4 Å². The van der Waals surface area contributed by atoms with Gasteiger partial charge in [0, 0.05) is 27.1 Å². The summed E-state index contributed by atoms with van der Waals surface area (Å²) in [6.45, 7) is 3.77. The van der Waals surface area contributed by atoms with E-state index in [1.807, 2.05) is 79.9 Å². The van der Waals surface area contributed by atoms with Crippen LogP contribution in [0.25, 0.3) is 17.3 Å². The zero-order valence-electron chi connectivity index (χ0n) is 25.4. The first-order valence-corrected chi connectivity index (χ1v) is 16.2. The highest BCUT2D eigenvalue weighted by atomic mass is 32.2. The summed E-state index contributed by atoms with van der Waals surface area (Å²) in [6.07, 6.45) is 1.65. The Morgan fingerprint density at radius 2 is 1.65 bits per heavy atom. The van der Waals surface area contributed by atoms with Crippen LogP contribution in [0.4, 0.5) is 10.8 Å². The summed E-state index contributed by atoms with van der Waals surface area (Å²) in [5, 5.41) is 10.5. The molecule has 3 N–H and O–H groups in total. The second kappa shape index (κ2) is 15.2. The number of aromatic nitrogens is 1. The molecule has 4 aromatic carbocycles. The maximum Gasteiger partial charge on any atom is 0.272 e. The van der Waals surface area contributed by atoms with Gasteiger partial charge < -0.3 is 20.7 Å². The molecule has 0 aliphatic heterocycles. The number of methoxy groups -OCH3 is 1. The van der Waals surface area contributed by atoms with Gasteiger partial charge in [-0.2, -0.15) is 0 Å². The number of aryl methyl sites for hydroxylation is 1. The molecule has 0 aliphatic carbocycles. The van der Waals surface area contributed by atoms with E-state index in [0.29, 0.717) is 16.4 Å². The van der Waals surface area contributed by atoms with E-state index in [0.717, 1.165) is 33.0 Å². The van der Waals surface area contributed by atoms with Gasteiger partial charge in [-0.05, 0) is 80.1 Å². The van der Waals surface area contributed by atoms with Crippen molar-refractivity contribution in [2.75, 3.05) is 17.7 Å². The average molecular weight is 649 g/mol. The minimum absolute atomic E-state index is 0.0997. The predicted molar refractivity (Wildman–Crippen MR) is 186 cm³/mol. The summed E-state index contributed by atoms with van der Waals surface area (Å²) in [4.78, 5) is 44.8. The molecule has 8 nitrogen and oxygen atoms in total. The van der Waals surface area contributed by atoms with Crippen LogP contribution in [0.15, 0.2) is 119 Å². The molecule has 0 aliphatic rings. The number of amides is 3. The monoisotopic (exact) mass is 648 g/mol. The molecule has 0 fully saturated rings. The molecule has 0 spiro atoms. The Labute approximate surface area is 275 Å². The van der Waals surface area contributed by atoms with E-state index < -0.39 is 17.1 Å². The fourth-order valence-corrected chi connectivity index (χ4v) is 6.05. The highest BCUT2D eigenvalue weighted by Crippen LogP contribution is 2.29. The molecule has 5 aromatic rings. The van der Waals surface area contributed by atoms with Crippen molar-refractivity contribution in [2.24, 2.45) is 0 Å². The number of carbonyl (C=O) groups excluding carboxylic acids is 3. The summed E-state index contributed by atoms with van der Waals surface area (Å²) in [5.41, 5.74) is 4.56. The molecule has 3 amide bonds. The van der Waals surface area contributed by atoms with Crippen molar-refractivity contribution in [3.63, 3.8) is 0 Å². The summed E-state index contributed by atoms with van der Waals surface area (Å²) in [5.74, 6) is -0.302. The molecule has 0 radical (unpaired) electrons. The topological polar surface area (TPSA) is 109 Å². The molecule has 0 saturated carbocycles. The van der Waals surface area contributed by atoms with Crippen molar-refractivity contribution in [1.29, 1.82) is 0 Å². The molecule has 0 bridgehead atoms. The van der Waals surface area contributed by atoms with Crippen LogP contribution in [0.5, 0.6) is 5.75 Å². The van der Waals surface area contributed by atoms with Gasteiger partial charge in [0.25, 0.3) is 11.8 Å². The van der Waals surface area contributed by atoms with Gasteiger partial charge in [-0.15, -0.1) is 23.1 Å². The largest absolute Gasteiger partial charge is 0.497 e. The van der Waals surface area contributed by atoms with Gasteiger partial charge in [0.1, 0.15) is 11.4 Å². The Hall–Kier alpha value is -5.19. The Morgan fingerprint density at radius 1 is 0.891 bits per heavy atom. The summed E-state index contributed by atoms with van der Waals surface area (Å²) >= 11 is 2.71. The number of anilines is 2. The molecule has 1 unspecified atom stereocenters. The molecular formula is C36H32N4O4S2. The van der Waals surface area contributed by atoms with Crippen molar-refractivity contribution >= 4 is 57.7 Å². The quantitative estimate of drug-likeness (QED) is 0.100. The van der Waals surface area contributed by atoms with Gasteiger partial charge in [0.05, 0.1) is 18.1 Å². The number of benzene rings is 4. The lowest BCUT2D eigenvalue weighted by Crippen LogP contribution is -2.30. The Bertz CT molecular complexity index is 1870. The molecule has 0 saturated heterocycles. The number of rotatable bonds is 11. The molecule has 1 heterocycles. The van der Waals surface area contributed by atoms with E-state index in [1.54, 1.807) is 55.7 Å². The smallest absolute Gasteiger partial charge is 0.272 e. The van der Waals surface area contributed by atoms with E-state index in [9.17, 15) is 14.4 Å². The maximum atomic E-state index is 13.5. The summed E-state index contributed by atoms with van der Waals surface area (Å²) in [7, 11) is 1.62. The Kier molecular flexibility index (Phi) is 10.6. The summed E-state index contributed by atoms with van der Waals surface area (Å²) < 4.78 is 5.21. The van der Waals surface area contributed by atoms with Crippen LogP contribution < -0.4 is 20.7 Å². The van der Waals surface area contributed by atoms with E-state index in [1.165, 1.54) is 23.1 Å². The second-order valence-corrected chi connectivity index (χ2v) is 12.6. The van der Waals surface area contributed by atoms with Crippen molar-refractivity contribution in [3.05, 3.63) is 131 Å². The lowest BCUT2D eigenvalue weighted by molar-refractivity contribution is -0.115. The van der Waals surface area contributed by atoms with Gasteiger partial charge >= 0.3 is 0 Å². The average Bonchev–Trinajstić information content (AvgIpc) is 3.53. The predicted octanol–water partition coefficient (Wildman–Crippen LogP) is 7.66. The third kappa shape index (κ3) is 8.71. The molecular weight excluding hydrogens is 617 g/mol. The number of thiazole rings is 1. The van der Waals surface area contributed by atoms with Crippen LogP contribution in [0.3, 0.4) is 0 Å². The molecule has 5 rings (SSSR count). The SMILES string of the molecule is COc1ccc(-c2csc(NC(=O)C(C)Sc3cccc(NC(=O)/C(=C\c4cccc(C)c4)NC(=O)c4ccccc4)c3)n2)cc1.